The minimum atomic E-state index is -1.48. The van der Waals surface area contributed by atoms with Gasteiger partial charge in [0.2, 0.25) is 5.95 Å². The predicted octanol–water partition coefficient (Wildman–Crippen LogP) is 8.70. The van der Waals surface area contributed by atoms with E-state index in [1.807, 2.05) is 37.5 Å². The lowest BCUT2D eigenvalue weighted by Crippen LogP contribution is -2.37. The Labute approximate surface area is 274 Å². The first kappa shape index (κ1) is 35.2. The van der Waals surface area contributed by atoms with E-state index in [1.165, 1.54) is 11.0 Å². The molecule has 0 spiro atoms. The fraction of sp³-hybridized carbons (Fsp3) is 0.472. The molecule has 0 aliphatic rings. The van der Waals surface area contributed by atoms with Crippen LogP contribution in [0.1, 0.15) is 90.7 Å². The van der Waals surface area contributed by atoms with Gasteiger partial charge in [-0.3, -0.25) is 8.87 Å². The van der Waals surface area contributed by atoms with Crippen molar-refractivity contribution in [2.45, 2.75) is 103 Å². The largest absolute Gasteiger partial charge is 0.497 e. The maximum absolute atomic E-state index is 16.0. The summed E-state index contributed by atoms with van der Waals surface area (Å²) in [6.07, 6.45) is 1.84. The first-order chi connectivity index (χ1) is 21.5. The van der Waals surface area contributed by atoms with Crippen molar-refractivity contribution in [3.63, 3.8) is 0 Å². The van der Waals surface area contributed by atoms with Crippen LogP contribution in [0.5, 0.6) is 5.75 Å². The lowest BCUT2D eigenvalue weighted by Gasteiger charge is -2.52. The molecule has 0 aliphatic heterocycles. The molecule has 3 aromatic heterocycles. The zero-order chi connectivity index (χ0) is 34.1. The molecule has 1 amide bonds. The van der Waals surface area contributed by atoms with Gasteiger partial charge in [0, 0.05) is 44.7 Å². The Balaban J connectivity index is 1.81. The molecule has 1 N–H and O–H groups in total. The average molecular weight is 653 g/mol. The lowest BCUT2D eigenvalue weighted by atomic mass is 10.0. The SMILES string of the molecule is COc1ccc(CN(C(=O)OC(C)(C)C)c2ccc(C(O)c3cn(S(C(C)C)(C(C)C)C(C)C)c4ncc(C)cc34)c(F)n2)cc1. The minimum Gasteiger partial charge on any atom is -0.497 e. The van der Waals surface area contributed by atoms with Gasteiger partial charge in [-0.1, -0.05) is 53.7 Å². The molecule has 0 fully saturated rings. The molecule has 4 aromatic rings. The maximum atomic E-state index is 16.0. The highest BCUT2D eigenvalue weighted by molar-refractivity contribution is 8.33. The van der Waals surface area contributed by atoms with E-state index in [0.717, 1.165) is 22.2 Å². The minimum absolute atomic E-state index is 0.0112. The number of hydrogen-bond acceptors (Lipinski definition) is 6. The lowest BCUT2D eigenvalue weighted by molar-refractivity contribution is 0.0576. The fourth-order valence-corrected chi connectivity index (χ4v) is 11.8. The molecule has 1 unspecified atom stereocenters. The van der Waals surface area contributed by atoms with Gasteiger partial charge in [0.25, 0.3) is 0 Å². The number of hydrogen-bond donors (Lipinski definition) is 1. The van der Waals surface area contributed by atoms with Crippen molar-refractivity contribution in [3.8, 4) is 5.75 Å². The molecule has 46 heavy (non-hydrogen) atoms. The van der Waals surface area contributed by atoms with E-state index < -0.39 is 34.0 Å². The Kier molecular flexibility index (Phi) is 10.4. The number of carbonyl (C=O) groups excluding carboxylic acids is 1. The molecule has 0 aliphatic carbocycles. The van der Waals surface area contributed by atoms with Gasteiger partial charge >= 0.3 is 6.09 Å². The molecular weight excluding hydrogens is 603 g/mol. The number of fused-ring (bicyclic) bond motifs is 1. The Bertz CT molecular complexity index is 1660. The molecule has 8 nitrogen and oxygen atoms in total. The summed E-state index contributed by atoms with van der Waals surface area (Å²) >= 11 is 0. The zero-order valence-electron chi connectivity index (χ0n) is 29.0. The van der Waals surface area contributed by atoms with Crippen LogP contribution in [0.25, 0.3) is 11.0 Å². The summed E-state index contributed by atoms with van der Waals surface area (Å²) in [5.74, 6) is -0.123. The summed E-state index contributed by atoms with van der Waals surface area (Å²) in [5, 5.41) is 13.6. The number of anilines is 1. The molecule has 0 saturated carbocycles. The van der Waals surface area contributed by atoms with Crippen molar-refractivity contribution in [2.75, 3.05) is 12.0 Å². The Hall–Kier alpha value is -3.63. The Morgan fingerprint density at radius 2 is 1.61 bits per heavy atom. The van der Waals surface area contributed by atoms with Crippen LogP contribution in [0.3, 0.4) is 0 Å². The van der Waals surface area contributed by atoms with E-state index in [9.17, 15) is 9.90 Å². The van der Waals surface area contributed by atoms with Gasteiger partial charge in [-0.05, 0) is 69.2 Å². The average Bonchev–Trinajstić information content (AvgIpc) is 3.33. The second-order valence-electron chi connectivity index (χ2n) is 13.5. The number of benzene rings is 1. The number of halogens is 1. The van der Waals surface area contributed by atoms with Crippen LogP contribution in [0.2, 0.25) is 0 Å². The molecule has 10 heteroatoms. The summed E-state index contributed by atoms with van der Waals surface area (Å²) in [7, 11) is 0.101. The third kappa shape index (κ3) is 6.88. The van der Waals surface area contributed by atoms with E-state index in [2.05, 4.69) is 50.5 Å². The third-order valence-electron chi connectivity index (χ3n) is 8.23. The number of carbonyl (C=O) groups is 1. The second-order valence-corrected chi connectivity index (χ2v) is 18.2. The summed E-state index contributed by atoms with van der Waals surface area (Å²) in [5.41, 5.74) is 2.31. The molecule has 1 aromatic carbocycles. The number of aliphatic hydroxyl groups excluding tert-OH is 1. The molecule has 1 atom stereocenters. The maximum Gasteiger partial charge on any atom is 0.416 e. The fourth-order valence-electron chi connectivity index (χ4n) is 6.41. The van der Waals surface area contributed by atoms with Crippen molar-refractivity contribution in [1.82, 2.24) is 13.9 Å². The van der Waals surface area contributed by atoms with E-state index in [0.29, 0.717) is 27.1 Å². The van der Waals surface area contributed by atoms with E-state index in [-0.39, 0.29) is 17.9 Å². The number of amides is 1. The second kappa shape index (κ2) is 13.6. The van der Waals surface area contributed by atoms with Gasteiger partial charge < -0.3 is 14.6 Å². The van der Waals surface area contributed by atoms with Crippen LogP contribution in [0, 0.1) is 12.9 Å². The molecule has 0 radical (unpaired) electrons. The predicted molar refractivity (Wildman–Crippen MR) is 187 cm³/mol. The van der Waals surface area contributed by atoms with Gasteiger partial charge in [-0.2, -0.15) is 14.6 Å². The highest BCUT2D eigenvalue weighted by Crippen LogP contribution is 2.62. The molecule has 3 heterocycles. The summed E-state index contributed by atoms with van der Waals surface area (Å²) in [4.78, 5) is 23.7. The molecular formula is C36H49FN4O4S. The van der Waals surface area contributed by atoms with Crippen molar-refractivity contribution < 1.29 is 23.8 Å². The van der Waals surface area contributed by atoms with Crippen molar-refractivity contribution >= 4 is 33.2 Å². The van der Waals surface area contributed by atoms with Crippen LogP contribution in [0.4, 0.5) is 15.0 Å². The molecule has 4 rings (SSSR count). The summed E-state index contributed by atoms with van der Waals surface area (Å²) in [6, 6.07) is 12.3. The van der Waals surface area contributed by atoms with E-state index in [4.69, 9.17) is 14.5 Å². The number of pyridine rings is 2. The van der Waals surface area contributed by atoms with Gasteiger partial charge in [0.05, 0.1) is 13.7 Å². The van der Waals surface area contributed by atoms with Gasteiger partial charge in [0.1, 0.15) is 28.9 Å². The smallest absolute Gasteiger partial charge is 0.416 e. The highest BCUT2D eigenvalue weighted by atomic mass is 32.3. The number of nitrogens with zero attached hydrogens (tertiary/aromatic N) is 4. The standard InChI is InChI=1S/C36H49FN4O4S/c1-22(2)46(23(3)4,24(5)6)41-21-30(29-18-25(7)19-38-34(29)41)32(42)28-16-17-31(39-33(28)37)40(35(43)45-36(8,9)10)20-26-12-14-27(44-11)15-13-26/h12-19,21-24,32,42H,20H2,1-11H3. The van der Waals surface area contributed by atoms with Crippen LogP contribution >= 0.6 is 10.2 Å². The molecule has 0 bridgehead atoms. The highest BCUT2D eigenvalue weighted by Gasteiger charge is 2.39. The number of aryl methyl sites for hydroxylation is 1. The van der Waals surface area contributed by atoms with E-state index in [1.54, 1.807) is 46.1 Å². The Morgan fingerprint density at radius 3 is 2.13 bits per heavy atom. The van der Waals surface area contributed by atoms with Gasteiger partial charge in [0.15, 0.2) is 0 Å². The van der Waals surface area contributed by atoms with Crippen molar-refractivity contribution in [3.05, 3.63) is 83.1 Å². The van der Waals surface area contributed by atoms with E-state index >= 15 is 4.39 Å². The number of aromatic nitrogens is 3. The van der Waals surface area contributed by atoms with Crippen LogP contribution < -0.4 is 9.64 Å². The third-order valence-corrected chi connectivity index (χ3v) is 13.7. The number of aliphatic hydroxyl groups is 1. The first-order valence-corrected chi connectivity index (χ1v) is 17.5. The molecule has 0 saturated heterocycles. The van der Waals surface area contributed by atoms with Crippen molar-refractivity contribution in [1.29, 1.82) is 0 Å². The number of ether oxygens (including phenoxy) is 2. The normalized spacial score (nSPS) is 13.5. The zero-order valence-corrected chi connectivity index (χ0v) is 29.8. The quantitative estimate of drug-likeness (QED) is 0.172. The van der Waals surface area contributed by atoms with Crippen LogP contribution in [0.15, 0.2) is 54.9 Å². The molecule has 250 valence electrons. The van der Waals surface area contributed by atoms with Crippen LogP contribution in [-0.2, 0) is 11.3 Å². The monoisotopic (exact) mass is 652 g/mol. The van der Waals surface area contributed by atoms with Crippen molar-refractivity contribution in [2.24, 2.45) is 0 Å². The first-order valence-electron chi connectivity index (χ1n) is 15.8. The summed E-state index contributed by atoms with van der Waals surface area (Å²) < 4.78 is 29.2. The van der Waals surface area contributed by atoms with Crippen LogP contribution in [-0.4, -0.2) is 53.6 Å². The van der Waals surface area contributed by atoms with Gasteiger partial charge in [-0.15, -0.1) is 0 Å². The summed E-state index contributed by atoms with van der Waals surface area (Å²) in [6.45, 7) is 20.8. The van der Waals surface area contributed by atoms with Gasteiger partial charge in [-0.25, -0.2) is 14.8 Å². The Morgan fingerprint density at radius 1 is 1.00 bits per heavy atom. The number of rotatable bonds is 10. The number of methoxy groups -OCH3 is 1. The topological polar surface area (TPSA) is 89.7 Å².